The summed E-state index contributed by atoms with van der Waals surface area (Å²) in [5, 5.41) is 3.26. The summed E-state index contributed by atoms with van der Waals surface area (Å²) in [7, 11) is -3.13. The number of rotatable bonds is 6. The molecule has 0 bridgehead atoms. The Bertz CT molecular complexity index is 287. The Kier molecular flexibility index (Phi) is 6.10. The number of hydrogen-bond donors (Lipinski definition) is 2. The molecule has 0 spiro atoms. The van der Waals surface area contributed by atoms with E-state index in [4.69, 9.17) is 0 Å². The lowest BCUT2D eigenvalue weighted by atomic mass is 10.1. The van der Waals surface area contributed by atoms with Crippen molar-refractivity contribution < 1.29 is 8.42 Å². The SMILES string of the molecule is CSCC(C)NS(=O)(=O)CC1CCCCN1. The third kappa shape index (κ3) is 5.52. The number of thioether (sulfide) groups is 1. The molecule has 2 unspecified atom stereocenters. The maximum absolute atomic E-state index is 11.8. The topological polar surface area (TPSA) is 58.2 Å². The fourth-order valence-corrected chi connectivity index (χ4v) is 4.27. The molecule has 96 valence electrons. The minimum absolute atomic E-state index is 0.0172. The number of piperidine rings is 1. The molecule has 4 nitrogen and oxygen atoms in total. The van der Waals surface area contributed by atoms with Gasteiger partial charge in [-0.15, -0.1) is 0 Å². The highest BCUT2D eigenvalue weighted by Gasteiger charge is 2.21. The van der Waals surface area contributed by atoms with E-state index in [0.717, 1.165) is 31.6 Å². The summed E-state index contributed by atoms with van der Waals surface area (Å²) in [5.41, 5.74) is 0. The first-order valence-electron chi connectivity index (χ1n) is 5.76. The number of nitrogens with one attached hydrogen (secondary N) is 2. The average Bonchev–Trinajstić information content (AvgIpc) is 2.17. The number of hydrogen-bond acceptors (Lipinski definition) is 4. The van der Waals surface area contributed by atoms with Crippen LogP contribution >= 0.6 is 11.8 Å². The predicted molar refractivity (Wildman–Crippen MR) is 70.4 cm³/mol. The molecular weight excluding hydrogens is 244 g/mol. The fraction of sp³-hybridized carbons (Fsp3) is 1.00. The van der Waals surface area contributed by atoms with Crippen molar-refractivity contribution in [3.8, 4) is 0 Å². The summed E-state index contributed by atoms with van der Waals surface area (Å²) < 4.78 is 26.4. The molecular formula is C10H22N2O2S2. The first-order chi connectivity index (χ1) is 7.53. The molecule has 0 aromatic heterocycles. The Morgan fingerprint density at radius 3 is 2.81 bits per heavy atom. The first kappa shape index (κ1) is 14.3. The van der Waals surface area contributed by atoms with Crippen molar-refractivity contribution in [2.24, 2.45) is 0 Å². The van der Waals surface area contributed by atoms with Crippen molar-refractivity contribution in [2.75, 3.05) is 24.3 Å². The second kappa shape index (κ2) is 6.83. The zero-order valence-electron chi connectivity index (χ0n) is 10.0. The van der Waals surface area contributed by atoms with Gasteiger partial charge in [0, 0.05) is 17.8 Å². The predicted octanol–water partition coefficient (Wildman–Crippen LogP) is 0.799. The lowest BCUT2D eigenvalue weighted by Gasteiger charge is -2.24. The van der Waals surface area contributed by atoms with Gasteiger partial charge in [0.15, 0.2) is 0 Å². The summed E-state index contributed by atoms with van der Waals surface area (Å²) in [4.78, 5) is 0. The summed E-state index contributed by atoms with van der Waals surface area (Å²) in [6.45, 7) is 2.85. The van der Waals surface area contributed by atoms with Gasteiger partial charge in [0.2, 0.25) is 10.0 Å². The monoisotopic (exact) mass is 266 g/mol. The minimum Gasteiger partial charge on any atom is -0.313 e. The van der Waals surface area contributed by atoms with Gasteiger partial charge in [0.05, 0.1) is 5.75 Å². The Hall–Kier alpha value is 0.220. The standard InChI is InChI=1S/C10H22N2O2S2/c1-9(7-15-2)12-16(13,14)8-10-5-3-4-6-11-10/h9-12H,3-8H2,1-2H3. The highest BCUT2D eigenvalue weighted by molar-refractivity contribution is 7.98. The first-order valence-corrected chi connectivity index (χ1v) is 8.80. The van der Waals surface area contributed by atoms with Crippen LogP contribution in [0.2, 0.25) is 0 Å². The summed E-state index contributed by atoms with van der Waals surface area (Å²) in [6.07, 6.45) is 5.24. The van der Waals surface area contributed by atoms with Crippen molar-refractivity contribution in [2.45, 2.75) is 38.3 Å². The van der Waals surface area contributed by atoms with Crippen LogP contribution in [0.3, 0.4) is 0 Å². The van der Waals surface area contributed by atoms with Gasteiger partial charge in [-0.2, -0.15) is 11.8 Å². The quantitative estimate of drug-likeness (QED) is 0.746. The van der Waals surface area contributed by atoms with Gasteiger partial charge in [-0.3, -0.25) is 0 Å². The highest BCUT2D eigenvalue weighted by atomic mass is 32.2. The molecule has 0 aliphatic carbocycles. The van der Waals surface area contributed by atoms with Crippen molar-refractivity contribution in [1.29, 1.82) is 0 Å². The van der Waals surface area contributed by atoms with E-state index < -0.39 is 10.0 Å². The maximum Gasteiger partial charge on any atom is 0.213 e. The normalized spacial score (nSPS) is 24.2. The molecule has 1 aliphatic heterocycles. The van der Waals surface area contributed by atoms with Crippen LogP contribution in [-0.4, -0.2) is 44.8 Å². The van der Waals surface area contributed by atoms with Gasteiger partial charge < -0.3 is 5.32 Å². The van der Waals surface area contributed by atoms with Crippen LogP contribution in [0.1, 0.15) is 26.2 Å². The van der Waals surface area contributed by atoms with Crippen LogP contribution in [0, 0.1) is 0 Å². The van der Waals surface area contributed by atoms with E-state index in [9.17, 15) is 8.42 Å². The molecule has 16 heavy (non-hydrogen) atoms. The fourth-order valence-electron chi connectivity index (χ4n) is 1.97. The molecule has 0 saturated carbocycles. The van der Waals surface area contributed by atoms with E-state index in [1.54, 1.807) is 11.8 Å². The van der Waals surface area contributed by atoms with Crippen molar-refractivity contribution in [3.63, 3.8) is 0 Å². The molecule has 2 atom stereocenters. The molecule has 2 N–H and O–H groups in total. The largest absolute Gasteiger partial charge is 0.313 e. The van der Waals surface area contributed by atoms with Gasteiger partial charge in [-0.05, 0) is 32.6 Å². The average molecular weight is 266 g/mol. The van der Waals surface area contributed by atoms with Crippen LogP contribution in [0.25, 0.3) is 0 Å². The van der Waals surface area contributed by atoms with Crippen LogP contribution in [0.4, 0.5) is 0 Å². The molecule has 1 heterocycles. The van der Waals surface area contributed by atoms with Gasteiger partial charge >= 0.3 is 0 Å². The van der Waals surface area contributed by atoms with E-state index in [1.807, 2.05) is 13.2 Å². The van der Waals surface area contributed by atoms with E-state index in [0.29, 0.717) is 0 Å². The summed E-state index contributed by atoms with van der Waals surface area (Å²) in [5.74, 6) is 1.03. The van der Waals surface area contributed by atoms with E-state index in [1.165, 1.54) is 0 Å². The minimum atomic E-state index is -3.13. The molecule has 6 heteroatoms. The van der Waals surface area contributed by atoms with E-state index in [2.05, 4.69) is 10.0 Å². The van der Waals surface area contributed by atoms with Gasteiger partial charge in [0.25, 0.3) is 0 Å². The Morgan fingerprint density at radius 1 is 1.50 bits per heavy atom. The molecule has 1 aliphatic rings. The molecule has 1 saturated heterocycles. The lowest BCUT2D eigenvalue weighted by molar-refractivity contribution is 0.422. The molecule has 0 aromatic carbocycles. The Morgan fingerprint density at radius 2 is 2.25 bits per heavy atom. The molecule has 0 aromatic rings. The third-order valence-electron chi connectivity index (χ3n) is 2.63. The van der Waals surface area contributed by atoms with Crippen molar-refractivity contribution in [3.05, 3.63) is 0 Å². The zero-order valence-corrected chi connectivity index (χ0v) is 11.7. The molecule has 0 radical (unpaired) electrons. The second-order valence-electron chi connectivity index (χ2n) is 4.40. The van der Waals surface area contributed by atoms with Crippen LogP contribution in [0.15, 0.2) is 0 Å². The van der Waals surface area contributed by atoms with E-state index >= 15 is 0 Å². The molecule has 1 fully saturated rings. The Labute approximate surface area is 103 Å². The van der Waals surface area contributed by atoms with Crippen molar-refractivity contribution >= 4 is 21.8 Å². The van der Waals surface area contributed by atoms with E-state index in [-0.39, 0.29) is 17.8 Å². The van der Waals surface area contributed by atoms with Crippen LogP contribution in [0.5, 0.6) is 0 Å². The summed E-state index contributed by atoms with van der Waals surface area (Å²) in [6, 6.07) is 0.149. The van der Waals surface area contributed by atoms with Crippen LogP contribution in [-0.2, 0) is 10.0 Å². The summed E-state index contributed by atoms with van der Waals surface area (Å²) >= 11 is 1.65. The molecule has 1 rings (SSSR count). The molecule has 0 amide bonds. The zero-order chi connectivity index (χ0) is 12.0. The third-order valence-corrected chi connectivity index (χ3v) is 5.07. The lowest BCUT2D eigenvalue weighted by Crippen LogP contribution is -2.45. The second-order valence-corrected chi connectivity index (χ2v) is 7.11. The van der Waals surface area contributed by atoms with Gasteiger partial charge in [-0.25, -0.2) is 13.1 Å². The maximum atomic E-state index is 11.8. The Balaban J connectivity index is 2.38. The van der Waals surface area contributed by atoms with Crippen LogP contribution < -0.4 is 10.0 Å². The number of sulfonamides is 1. The highest BCUT2D eigenvalue weighted by Crippen LogP contribution is 2.09. The van der Waals surface area contributed by atoms with Crippen molar-refractivity contribution in [1.82, 2.24) is 10.0 Å². The smallest absolute Gasteiger partial charge is 0.213 e. The van der Waals surface area contributed by atoms with Gasteiger partial charge in [0.1, 0.15) is 0 Å². The van der Waals surface area contributed by atoms with Gasteiger partial charge in [-0.1, -0.05) is 6.42 Å².